The van der Waals surface area contributed by atoms with Crippen LogP contribution in [0.1, 0.15) is 53.7 Å². The van der Waals surface area contributed by atoms with E-state index >= 15 is 0 Å². The van der Waals surface area contributed by atoms with E-state index in [-0.39, 0.29) is 23.5 Å². The Kier molecular flexibility index (Phi) is 4.40. The number of carbonyl (C=O) groups is 1. The molecule has 3 aromatic rings. The Labute approximate surface area is 158 Å². The number of nitrogens with zero attached hydrogens (tertiary/aromatic N) is 4. The quantitative estimate of drug-likeness (QED) is 0.668. The summed E-state index contributed by atoms with van der Waals surface area (Å²) in [5, 5.41) is 6.56. The number of alkyl halides is 2. The summed E-state index contributed by atoms with van der Waals surface area (Å²) in [6.07, 6.45) is 2.88. The number of carbonyl (C=O) groups excluding carboxylic acids is 1. The highest BCUT2D eigenvalue weighted by molar-refractivity contribution is 6.10. The Morgan fingerprint density at radius 3 is 2.61 bits per heavy atom. The van der Waals surface area contributed by atoms with Crippen molar-refractivity contribution in [2.75, 3.05) is 5.32 Å². The van der Waals surface area contributed by atoms with Crippen LogP contribution in [0.4, 0.5) is 14.6 Å². The first-order chi connectivity index (χ1) is 13.4. The van der Waals surface area contributed by atoms with Crippen molar-refractivity contribution in [2.24, 2.45) is 0 Å². The van der Waals surface area contributed by atoms with Crippen molar-refractivity contribution in [1.29, 1.82) is 0 Å². The minimum absolute atomic E-state index is 0.0113. The number of amides is 1. The molecule has 28 heavy (non-hydrogen) atoms. The number of rotatable bonds is 6. The van der Waals surface area contributed by atoms with Crippen LogP contribution in [-0.4, -0.2) is 31.4 Å². The van der Waals surface area contributed by atoms with Gasteiger partial charge in [0, 0.05) is 17.9 Å². The van der Waals surface area contributed by atoms with Gasteiger partial charge in [-0.25, -0.2) is 28.7 Å². The van der Waals surface area contributed by atoms with Crippen LogP contribution in [0.5, 0.6) is 0 Å². The van der Waals surface area contributed by atoms with Crippen molar-refractivity contribution in [2.45, 2.75) is 45.2 Å². The number of aryl methyl sites for hydroxylation is 1. The van der Waals surface area contributed by atoms with E-state index in [1.54, 1.807) is 6.92 Å². The molecule has 0 spiro atoms. The molecule has 0 aliphatic heterocycles. The summed E-state index contributed by atoms with van der Waals surface area (Å²) in [7, 11) is 0. The highest BCUT2D eigenvalue weighted by atomic mass is 19.3. The summed E-state index contributed by atoms with van der Waals surface area (Å²) in [5.41, 5.74) is 0.335. The molecule has 1 aliphatic carbocycles. The highest BCUT2D eigenvalue weighted by Crippen LogP contribution is 2.40. The fourth-order valence-electron chi connectivity index (χ4n) is 2.83. The van der Waals surface area contributed by atoms with Gasteiger partial charge in [0.2, 0.25) is 5.71 Å². The molecule has 0 saturated heterocycles. The predicted octanol–water partition coefficient (Wildman–Crippen LogP) is 3.15. The molecule has 0 bridgehead atoms. The fraction of sp³-hybridized carbons (Fsp3) is 0.389. The monoisotopic (exact) mass is 388 g/mol. The molecule has 0 aromatic carbocycles. The van der Waals surface area contributed by atoms with Gasteiger partial charge in [-0.05, 0) is 26.7 Å². The number of furan rings is 1. The van der Waals surface area contributed by atoms with Crippen molar-refractivity contribution >= 4 is 22.8 Å². The van der Waals surface area contributed by atoms with E-state index < -0.39 is 12.3 Å². The summed E-state index contributed by atoms with van der Waals surface area (Å²) < 4.78 is 30.8. The summed E-state index contributed by atoms with van der Waals surface area (Å²) in [6.45, 7) is 3.74. The molecule has 146 valence electrons. The number of halogens is 2. The van der Waals surface area contributed by atoms with E-state index in [4.69, 9.17) is 4.42 Å². The van der Waals surface area contributed by atoms with Crippen molar-refractivity contribution in [3.63, 3.8) is 0 Å². The first-order valence-electron chi connectivity index (χ1n) is 8.76. The number of hydrogen-bond donors (Lipinski definition) is 2. The molecule has 0 radical (unpaired) electrons. The second-order valence-corrected chi connectivity index (χ2v) is 7.04. The lowest BCUT2D eigenvalue weighted by atomic mass is 10.1. The van der Waals surface area contributed by atoms with Crippen molar-refractivity contribution in [3.05, 3.63) is 41.4 Å². The third-order valence-electron chi connectivity index (χ3n) is 4.70. The molecule has 10 heteroatoms. The van der Waals surface area contributed by atoms with E-state index in [2.05, 4.69) is 37.5 Å². The van der Waals surface area contributed by atoms with Crippen molar-refractivity contribution in [3.8, 4) is 0 Å². The van der Waals surface area contributed by atoms with E-state index in [0.29, 0.717) is 28.2 Å². The fourth-order valence-corrected chi connectivity index (χ4v) is 2.83. The molecule has 4 rings (SSSR count). The predicted molar refractivity (Wildman–Crippen MR) is 96.0 cm³/mol. The first-order valence-corrected chi connectivity index (χ1v) is 8.76. The van der Waals surface area contributed by atoms with Crippen LogP contribution in [0.15, 0.2) is 23.1 Å². The van der Waals surface area contributed by atoms with E-state index in [1.165, 1.54) is 6.33 Å². The lowest BCUT2D eigenvalue weighted by molar-refractivity contribution is 0.0949. The van der Waals surface area contributed by atoms with Gasteiger partial charge in [-0.1, -0.05) is 0 Å². The molecular weight excluding hydrogens is 370 g/mol. The summed E-state index contributed by atoms with van der Waals surface area (Å²) in [4.78, 5) is 28.9. The van der Waals surface area contributed by atoms with Crippen LogP contribution in [-0.2, 0) is 6.54 Å². The molecule has 1 amide bonds. The lowest BCUT2D eigenvalue weighted by Crippen LogP contribution is -2.25. The molecule has 8 nitrogen and oxygen atoms in total. The molecule has 0 unspecified atom stereocenters. The first kappa shape index (κ1) is 18.2. The molecule has 3 aromatic heterocycles. The second-order valence-electron chi connectivity index (χ2n) is 7.04. The molecule has 1 fully saturated rings. The number of nitrogens with one attached hydrogen (secondary N) is 2. The molecule has 1 saturated carbocycles. The SMILES string of the molecule is Cc1oc2ncnc(NC3(C)CC3)c2c1C(=O)NCc1ncc(C(F)F)cn1. The van der Waals surface area contributed by atoms with Gasteiger partial charge in [0.1, 0.15) is 23.7 Å². The van der Waals surface area contributed by atoms with Gasteiger partial charge in [-0.2, -0.15) is 0 Å². The average Bonchev–Trinajstić information content (AvgIpc) is 3.28. The largest absolute Gasteiger partial charge is 0.442 e. The number of aromatic nitrogens is 4. The average molecular weight is 388 g/mol. The van der Waals surface area contributed by atoms with Gasteiger partial charge >= 0.3 is 0 Å². The van der Waals surface area contributed by atoms with Gasteiger partial charge in [-0.15, -0.1) is 0 Å². The van der Waals surface area contributed by atoms with Crippen molar-refractivity contribution < 1.29 is 18.0 Å². The maximum absolute atomic E-state index is 12.8. The second kappa shape index (κ2) is 6.77. The molecule has 2 N–H and O–H groups in total. The molecule has 0 atom stereocenters. The maximum atomic E-state index is 12.8. The van der Waals surface area contributed by atoms with Crippen LogP contribution < -0.4 is 10.6 Å². The third-order valence-corrected chi connectivity index (χ3v) is 4.70. The van der Waals surface area contributed by atoms with Crippen LogP contribution in [0.2, 0.25) is 0 Å². The Bertz CT molecular complexity index is 1030. The van der Waals surface area contributed by atoms with Crippen LogP contribution >= 0.6 is 0 Å². The number of hydrogen-bond acceptors (Lipinski definition) is 7. The third kappa shape index (κ3) is 3.49. The Hall–Kier alpha value is -3.17. The van der Waals surface area contributed by atoms with Gasteiger partial charge < -0.3 is 15.1 Å². The molecule has 1 aliphatic rings. The van der Waals surface area contributed by atoms with Gasteiger partial charge in [0.15, 0.2) is 0 Å². The van der Waals surface area contributed by atoms with Gasteiger partial charge in [0.05, 0.1) is 23.1 Å². The zero-order chi connectivity index (χ0) is 19.9. The zero-order valence-electron chi connectivity index (χ0n) is 15.3. The Balaban J connectivity index is 1.57. The number of anilines is 1. The maximum Gasteiger partial charge on any atom is 0.266 e. The van der Waals surface area contributed by atoms with Crippen LogP contribution in [0.25, 0.3) is 11.1 Å². The summed E-state index contributed by atoms with van der Waals surface area (Å²) in [5.74, 6) is 0.774. The molecule has 3 heterocycles. The summed E-state index contributed by atoms with van der Waals surface area (Å²) >= 11 is 0. The topological polar surface area (TPSA) is 106 Å². The summed E-state index contributed by atoms with van der Waals surface area (Å²) in [6, 6.07) is 0. The molecular formula is C18H18F2N6O2. The zero-order valence-corrected chi connectivity index (χ0v) is 15.3. The Morgan fingerprint density at radius 2 is 1.96 bits per heavy atom. The van der Waals surface area contributed by atoms with Crippen molar-refractivity contribution in [1.82, 2.24) is 25.3 Å². The van der Waals surface area contributed by atoms with Gasteiger partial charge in [-0.3, -0.25) is 4.79 Å². The lowest BCUT2D eigenvalue weighted by Gasteiger charge is -2.13. The smallest absolute Gasteiger partial charge is 0.266 e. The van der Waals surface area contributed by atoms with E-state index in [0.717, 1.165) is 25.2 Å². The normalized spacial score (nSPS) is 15.0. The minimum Gasteiger partial charge on any atom is -0.442 e. The Morgan fingerprint density at radius 1 is 1.25 bits per heavy atom. The van der Waals surface area contributed by atoms with E-state index in [9.17, 15) is 13.6 Å². The van der Waals surface area contributed by atoms with Crippen LogP contribution in [0.3, 0.4) is 0 Å². The van der Waals surface area contributed by atoms with E-state index in [1.807, 2.05) is 0 Å². The standard InChI is InChI=1S/C18H18F2N6O2/c1-9-12(16(27)23-7-11-21-5-10(6-22-11)14(19)20)13-15(26-18(2)3-4-18)24-8-25-17(13)28-9/h5-6,8,14H,3-4,7H2,1-2H3,(H,23,27)(H,24,25,26). The highest BCUT2D eigenvalue weighted by Gasteiger charge is 2.38. The van der Waals surface area contributed by atoms with Crippen LogP contribution in [0, 0.1) is 6.92 Å². The minimum atomic E-state index is -2.64. The van der Waals surface area contributed by atoms with Gasteiger partial charge in [0.25, 0.3) is 12.3 Å². The number of fused-ring (bicyclic) bond motifs is 1.